The van der Waals surface area contributed by atoms with Crippen LogP contribution in [-0.2, 0) is 6.54 Å². The van der Waals surface area contributed by atoms with Crippen molar-refractivity contribution in [2.75, 3.05) is 6.61 Å². The van der Waals surface area contributed by atoms with Gasteiger partial charge in [-0.3, -0.25) is 0 Å². The first-order valence-corrected chi connectivity index (χ1v) is 6.92. The number of halogens is 2. The van der Waals surface area contributed by atoms with Gasteiger partial charge in [0.2, 0.25) is 0 Å². The van der Waals surface area contributed by atoms with Gasteiger partial charge in [0.1, 0.15) is 18.2 Å². The Morgan fingerprint density at radius 3 is 2.95 bits per heavy atom. The molecule has 0 saturated heterocycles. The summed E-state index contributed by atoms with van der Waals surface area (Å²) in [7, 11) is 0. The zero-order valence-corrected chi connectivity index (χ0v) is 11.8. The van der Waals surface area contributed by atoms with Crippen LogP contribution in [-0.4, -0.2) is 6.61 Å². The van der Waals surface area contributed by atoms with Crippen LogP contribution in [0.1, 0.15) is 17.2 Å². The van der Waals surface area contributed by atoms with Crippen LogP contribution in [0.15, 0.2) is 46.9 Å². The van der Waals surface area contributed by atoms with Crippen molar-refractivity contribution in [3.8, 4) is 5.75 Å². The first-order valence-electron chi connectivity index (χ1n) is 6.13. The maximum Gasteiger partial charge on any atom is 0.124 e. The Morgan fingerprint density at radius 1 is 1.26 bits per heavy atom. The molecule has 19 heavy (non-hydrogen) atoms. The van der Waals surface area contributed by atoms with Crippen molar-refractivity contribution in [3.63, 3.8) is 0 Å². The van der Waals surface area contributed by atoms with Gasteiger partial charge in [-0.05, 0) is 23.8 Å². The van der Waals surface area contributed by atoms with Gasteiger partial charge >= 0.3 is 0 Å². The molecular weight excluding hydrogens is 309 g/mol. The Bertz CT molecular complexity index is 602. The van der Waals surface area contributed by atoms with Crippen LogP contribution in [0, 0.1) is 5.82 Å². The van der Waals surface area contributed by atoms with E-state index in [4.69, 9.17) is 4.74 Å². The normalized spacial score (nSPS) is 17.1. The Hall–Kier alpha value is -1.39. The molecule has 0 aliphatic carbocycles. The smallest absolute Gasteiger partial charge is 0.124 e. The van der Waals surface area contributed by atoms with E-state index in [1.54, 1.807) is 6.07 Å². The van der Waals surface area contributed by atoms with Crippen molar-refractivity contribution in [1.82, 2.24) is 5.32 Å². The molecule has 4 heteroatoms. The molecule has 0 aromatic heterocycles. The molecule has 0 radical (unpaired) electrons. The summed E-state index contributed by atoms with van der Waals surface area (Å²) in [5.74, 6) is 0.711. The highest BCUT2D eigenvalue weighted by molar-refractivity contribution is 9.10. The van der Waals surface area contributed by atoms with Gasteiger partial charge in [0.05, 0.1) is 6.04 Å². The maximum absolute atomic E-state index is 13.0. The third-order valence-corrected chi connectivity index (χ3v) is 3.99. The topological polar surface area (TPSA) is 21.3 Å². The van der Waals surface area contributed by atoms with Gasteiger partial charge in [0.25, 0.3) is 0 Å². The molecule has 2 aromatic rings. The van der Waals surface area contributed by atoms with E-state index in [0.29, 0.717) is 13.2 Å². The summed E-state index contributed by atoms with van der Waals surface area (Å²) in [6.45, 7) is 1.31. The van der Waals surface area contributed by atoms with E-state index in [1.807, 2.05) is 18.2 Å². The van der Waals surface area contributed by atoms with Gasteiger partial charge in [0.15, 0.2) is 0 Å². The number of ether oxygens (including phenoxy) is 1. The van der Waals surface area contributed by atoms with Crippen LogP contribution >= 0.6 is 15.9 Å². The zero-order chi connectivity index (χ0) is 13.2. The Morgan fingerprint density at radius 2 is 2.11 bits per heavy atom. The lowest BCUT2D eigenvalue weighted by molar-refractivity contribution is 0.310. The predicted octanol–water partition coefficient (Wildman–Crippen LogP) is 3.81. The lowest BCUT2D eigenvalue weighted by Gasteiger charge is -2.12. The SMILES string of the molecule is Fc1ccc(CNC2COc3ccccc32)c(Br)c1. The molecule has 1 N–H and O–H groups in total. The molecule has 1 atom stereocenters. The van der Waals surface area contributed by atoms with Gasteiger partial charge in [-0.2, -0.15) is 0 Å². The fourth-order valence-corrected chi connectivity index (χ4v) is 2.72. The van der Waals surface area contributed by atoms with E-state index in [-0.39, 0.29) is 11.9 Å². The second-order valence-electron chi connectivity index (χ2n) is 4.52. The van der Waals surface area contributed by atoms with Crippen molar-refractivity contribution < 1.29 is 9.13 Å². The quantitative estimate of drug-likeness (QED) is 0.928. The summed E-state index contributed by atoms with van der Waals surface area (Å²) in [6.07, 6.45) is 0. The average Bonchev–Trinajstić information content (AvgIpc) is 2.81. The third-order valence-electron chi connectivity index (χ3n) is 3.25. The van der Waals surface area contributed by atoms with Crippen LogP contribution in [0.5, 0.6) is 5.75 Å². The van der Waals surface area contributed by atoms with Gasteiger partial charge in [-0.1, -0.05) is 40.2 Å². The third kappa shape index (κ3) is 2.65. The maximum atomic E-state index is 13.0. The summed E-state index contributed by atoms with van der Waals surface area (Å²) in [6, 6.07) is 13.0. The molecule has 2 nitrogen and oxygen atoms in total. The fraction of sp³-hybridized carbons (Fsp3) is 0.200. The summed E-state index contributed by atoms with van der Waals surface area (Å²) in [4.78, 5) is 0. The highest BCUT2D eigenvalue weighted by Gasteiger charge is 2.22. The van der Waals surface area contributed by atoms with E-state index < -0.39 is 0 Å². The molecule has 0 bridgehead atoms. The molecule has 1 heterocycles. The van der Waals surface area contributed by atoms with Crippen molar-refractivity contribution in [3.05, 3.63) is 63.9 Å². The van der Waals surface area contributed by atoms with Crippen LogP contribution in [0.3, 0.4) is 0 Å². The van der Waals surface area contributed by atoms with Crippen molar-refractivity contribution >= 4 is 15.9 Å². The first kappa shape index (κ1) is 12.6. The molecule has 0 fully saturated rings. The first-order chi connectivity index (χ1) is 9.24. The standard InChI is InChI=1S/C15H13BrFNO/c16-13-7-11(17)6-5-10(13)8-18-14-9-19-15-4-2-1-3-12(14)15/h1-7,14,18H,8-9H2. The Balaban J connectivity index is 1.71. The van der Waals surface area contributed by atoms with E-state index in [1.165, 1.54) is 17.7 Å². The predicted molar refractivity (Wildman–Crippen MR) is 75.6 cm³/mol. The largest absolute Gasteiger partial charge is 0.491 e. The van der Waals surface area contributed by atoms with Gasteiger partial charge in [0, 0.05) is 16.6 Å². The second kappa shape index (κ2) is 5.31. The van der Waals surface area contributed by atoms with E-state index in [0.717, 1.165) is 15.8 Å². The van der Waals surface area contributed by atoms with Crippen molar-refractivity contribution in [2.24, 2.45) is 0 Å². The van der Waals surface area contributed by atoms with E-state index >= 15 is 0 Å². The van der Waals surface area contributed by atoms with Crippen molar-refractivity contribution in [2.45, 2.75) is 12.6 Å². The number of fused-ring (bicyclic) bond motifs is 1. The van der Waals surface area contributed by atoms with Gasteiger partial charge in [-0.25, -0.2) is 4.39 Å². The molecule has 2 aromatic carbocycles. The monoisotopic (exact) mass is 321 g/mol. The minimum Gasteiger partial charge on any atom is -0.491 e. The fourth-order valence-electron chi connectivity index (χ4n) is 2.23. The van der Waals surface area contributed by atoms with Crippen molar-refractivity contribution in [1.29, 1.82) is 0 Å². The molecule has 0 saturated carbocycles. The average molecular weight is 322 g/mol. The molecule has 3 rings (SSSR count). The molecule has 0 spiro atoms. The number of hydrogen-bond acceptors (Lipinski definition) is 2. The van der Waals surface area contributed by atoms with E-state index in [2.05, 4.69) is 27.3 Å². The lowest BCUT2D eigenvalue weighted by Crippen LogP contribution is -2.22. The summed E-state index contributed by atoms with van der Waals surface area (Å²) in [5.41, 5.74) is 2.21. The van der Waals surface area contributed by atoms with Gasteiger partial charge < -0.3 is 10.1 Å². The number of nitrogens with one attached hydrogen (secondary N) is 1. The minimum absolute atomic E-state index is 0.188. The Kier molecular flexibility index (Phi) is 3.53. The number of benzene rings is 2. The number of rotatable bonds is 3. The molecule has 1 aliphatic heterocycles. The van der Waals surface area contributed by atoms with Crippen LogP contribution in [0.2, 0.25) is 0 Å². The van der Waals surface area contributed by atoms with Crippen LogP contribution in [0.25, 0.3) is 0 Å². The molecular formula is C15H13BrFNO. The highest BCUT2D eigenvalue weighted by atomic mass is 79.9. The summed E-state index contributed by atoms with van der Waals surface area (Å²) < 4.78 is 19.4. The minimum atomic E-state index is -0.231. The number of para-hydroxylation sites is 1. The molecule has 98 valence electrons. The van der Waals surface area contributed by atoms with E-state index in [9.17, 15) is 4.39 Å². The van der Waals surface area contributed by atoms with Gasteiger partial charge in [-0.15, -0.1) is 0 Å². The molecule has 1 aliphatic rings. The molecule has 0 amide bonds. The zero-order valence-electron chi connectivity index (χ0n) is 10.2. The Labute approximate surface area is 119 Å². The summed E-state index contributed by atoms with van der Waals surface area (Å²) >= 11 is 3.38. The van der Waals surface area contributed by atoms with Crippen LogP contribution in [0.4, 0.5) is 4.39 Å². The van der Waals surface area contributed by atoms with Crippen LogP contribution < -0.4 is 10.1 Å². The lowest BCUT2D eigenvalue weighted by atomic mass is 10.1. The highest BCUT2D eigenvalue weighted by Crippen LogP contribution is 2.32. The second-order valence-corrected chi connectivity index (χ2v) is 5.37. The molecule has 1 unspecified atom stereocenters. The summed E-state index contributed by atoms with van der Waals surface area (Å²) in [5, 5.41) is 3.44. The number of hydrogen-bond donors (Lipinski definition) is 1.